The van der Waals surface area contributed by atoms with Crippen LogP contribution >= 0.6 is 11.6 Å². The van der Waals surface area contributed by atoms with E-state index in [4.69, 9.17) is 11.6 Å². The average Bonchev–Trinajstić information content (AvgIpc) is 3.15. The van der Waals surface area contributed by atoms with E-state index in [-0.39, 0.29) is 11.9 Å². The van der Waals surface area contributed by atoms with Gasteiger partial charge in [-0.05, 0) is 50.1 Å². The first-order chi connectivity index (χ1) is 12.1. The first-order valence-corrected chi connectivity index (χ1v) is 9.24. The number of carbonyl (C=O) groups excluding carboxylic acids is 1. The molecule has 4 nitrogen and oxygen atoms in total. The van der Waals surface area contributed by atoms with E-state index in [1.54, 1.807) is 0 Å². The second kappa shape index (κ2) is 8.37. The Hall–Kier alpha value is -2.04. The fraction of sp³-hybridized carbons (Fsp3) is 0.350. The Morgan fingerprint density at radius 3 is 2.52 bits per heavy atom. The fourth-order valence-corrected chi connectivity index (χ4v) is 3.51. The minimum atomic E-state index is -0.00664. The maximum Gasteiger partial charge on any atom is 0.279 e. The second-order valence-corrected chi connectivity index (χ2v) is 6.95. The third-order valence-electron chi connectivity index (χ3n) is 4.67. The van der Waals surface area contributed by atoms with E-state index < -0.39 is 0 Å². The standard InChI is InChI=1S/C20H24ClN3O/c1-15(18-6-2-3-7-19(18)21)22-14-20(25)23-16-8-10-17(11-9-16)24-12-4-5-13-24/h2-3,6-11,15,22H,4-5,12-14H2,1H3,(H,23,25)/p+1/t15-/m0/s1. The number of quaternary nitrogens is 1. The van der Waals surface area contributed by atoms with E-state index in [0.717, 1.165) is 29.4 Å². The van der Waals surface area contributed by atoms with Gasteiger partial charge in [0.15, 0.2) is 6.54 Å². The van der Waals surface area contributed by atoms with Crippen molar-refractivity contribution in [1.82, 2.24) is 0 Å². The van der Waals surface area contributed by atoms with E-state index in [2.05, 4.69) is 29.3 Å². The molecule has 3 rings (SSSR count). The highest BCUT2D eigenvalue weighted by Gasteiger charge is 2.15. The predicted octanol–water partition coefficient (Wildman–Crippen LogP) is 3.20. The molecule has 2 aromatic carbocycles. The maximum absolute atomic E-state index is 12.2. The van der Waals surface area contributed by atoms with Crippen molar-refractivity contribution < 1.29 is 10.1 Å². The first-order valence-electron chi connectivity index (χ1n) is 8.86. The summed E-state index contributed by atoms with van der Waals surface area (Å²) in [6, 6.07) is 16.0. The highest BCUT2D eigenvalue weighted by Crippen LogP contribution is 2.22. The Morgan fingerprint density at radius 2 is 1.84 bits per heavy atom. The van der Waals surface area contributed by atoms with E-state index in [0.29, 0.717) is 6.54 Å². The van der Waals surface area contributed by atoms with Crippen LogP contribution in [0.15, 0.2) is 48.5 Å². The molecule has 25 heavy (non-hydrogen) atoms. The fourth-order valence-electron chi connectivity index (χ4n) is 3.20. The summed E-state index contributed by atoms with van der Waals surface area (Å²) in [6.07, 6.45) is 2.52. The van der Waals surface area contributed by atoms with Gasteiger partial charge >= 0.3 is 0 Å². The summed E-state index contributed by atoms with van der Waals surface area (Å²) in [7, 11) is 0. The van der Waals surface area contributed by atoms with Crippen molar-refractivity contribution in [3.63, 3.8) is 0 Å². The molecule has 1 fully saturated rings. The number of carbonyl (C=O) groups is 1. The van der Waals surface area contributed by atoms with Crippen molar-refractivity contribution >= 4 is 28.9 Å². The smallest absolute Gasteiger partial charge is 0.279 e. The summed E-state index contributed by atoms with van der Waals surface area (Å²) in [5.74, 6) is -0.00664. The van der Waals surface area contributed by atoms with Gasteiger partial charge in [-0.2, -0.15) is 0 Å². The SMILES string of the molecule is C[C@H]([NH2+]CC(=O)Nc1ccc(N2CCCC2)cc1)c1ccccc1Cl. The molecular weight excluding hydrogens is 334 g/mol. The minimum Gasteiger partial charge on any atom is -0.372 e. The van der Waals surface area contributed by atoms with E-state index in [1.165, 1.54) is 18.5 Å². The highest BCUT2D eigenvalue weighted by molar-refractivity contribution is 6.31. The normalized spacial score (nSPS) is 15.2. The van der Waals surface area contributed by atoms with Crippen molar-refractivity contribution in [2.45, 2.75) is 25.8 Å². The first kappa shape index (κ1) is 17.8. The zero-order valence-electron chi connectivity index (χ0n) is 14.5. The molecule has 132 valence electrons. The van der Waals surface area contributed by atoms with Crippen molar-refractivity contribution in [3.8, 4) is 0 Å². The molecule has 0 bridgehead atoms. The highest BCUT2D eigenvalue weighted by atomic mass is 35.5. The van der Waals surface area contributed by atoms with Crippen LogP contribution in [-0.2, 0) is 4.79 Å². The summed E-state index contributed by atoms with van der Waals surface area (Å²) in [5.41, 5.74) is 3.12. The van der Waals surface area contributed by atoms with Gasteiger partial charge in [0.25, 0.3) is 5.91 Å². The quantitative estimate of drug-likeness (QED) is 0.833. The van der Waals surface area contributed by atoms with Crippen molar-refractivity contribution in [2.24, 2.45) is 0 Å². The van der Waals surface area contributed by atoms with Crippen LogP contribution < -0.4 is 15.5 Å². The number of hydrogen-bond acceptors (Lipinski definition) is 2. The lowest BCUT2D eigenvalue weighted by Gasteiger charge is -2.18. The predicted molar refractivity (Wildman–Crippen MR) is 103 cm³/mol. The summed E-state index contributed by atoms with van der Waals surface area (Å²) in [5, 5.41) is 5.69. The molecule has 3 N–H and O–H groups in total. The van der Waals surface area contributed by atoms with Crippen LogP contribution in [0.3, 0.4) is 0 Å². The molecule has 2 aromatic rings. The zero-order valence-corrected chi connectivity index (χ0v) is 15.3. The number of halogens is 1. The Labute approximate surface area is 154 Å². The number of nitrogens with two attached hydrogens (primary N) is 1. The molecule has 0 spiro atoms. The molecule has 0 saturated carbocycles. The number of anilines is 2. The number of nitrogens with zero attached hydrogens (tertiary/aromatic N) is 1. The minimum absolute atomic E-state index is 0.00664. The van der Waals surface area contributed by atoms with Gasteiger partial charge in [-0.3, -0.25) is 4.79 Å². The molecule has 1 amide bonds. The summed E-state index contributed by atoms with van der Waals surface area (Å²) in [4.78, 5) is 14.6. The Balaban J connectivity index is 1.49. The van der Waals surface area contributed by atoms with Crippen molar-refractivity contribution in [2.75, 3.05) is 29.9 Å². The molecule has 0 radical (unpaired) electrons. The zero-order chi connectivity index (χ0) is 17.6. The van der Waals surface area contributed by atoms with Gasteiger partial charge in [0.05, 0.1) is 0 Å². The maximum atomic E-state index is 12.2. The monoisotopic (exact) mass is 358 g/mol. The summed E-state index contributed by atoms with van der Waals surface area (Å²) < 4.78 is 0. The van der Waals surface area contributed by atoms with Gasteiger partial charge in [0.2, 0.25) is 0 Å². The molecule has 0 aromatic heterocycles. The van der Waals surface area contributed by atoms with Gasteiger partial charge in [-0.1, -0.05) is 29.8 Å². The van der Waals surface area contributed by atoms with Gasteiger partial charge in [-0.25, -0.2) is 0 Å². The van der Waals surface area contributed by atoms with E-state index in [9.17, 15) is 4.79 Å². The van der Waals surface area contributed by atoms with Gasteiger partial charge < -0.3 is 15.5 Å². The molecule has 1 atom stereocenters. The molecule has 0 aliphatic carbocycles. The Kier molecular flexibility index (Phi) is 5.95. The summed E-state index contributed by atoms with van der Waals surface area (Å²) >= 11 is 6.21. The third-order valence-corrected chi connectivity index (χ3v) is 5.02. The molecule has 1 aliphatic heterocycles. The van der Waals surface area contributed by atoms with E-state index >= 15 is 0 Å². The number of benzene rings is 2. The van der Waals surface area contributed by atoms with Gasteiger partial charge in [-0.15, -0.1) is 0 Å². The number of nitrogens with one attached hydrogen (secondary N) is 1. The average molecular weight is 359 g/mol. The van der Waals surface area contributed by atoms with Crippen LogP contribution in [0.5, 0.6) is 0 Å². The van der Waals surface area contributed by atoms with Crippen LogP contribution in [0.4, 0.5) is 11.4 Å². The van der Waals surface area contributed by atoms with Crippen LogP contribution in [0.2, 0.25) is 5.02 Å². The molecular formula is C20H25ClN3O+. The summed E-state index contributed by atoms with van der Waals surface area (Å²) in [6.45, 7) is 4.67. The van der Waals surface area contributed by atoms with Crippen LogP contribution in [0, 0.1) is 0 Å². The topological polar surface area (TPSA) is 49.0 Å². The van der Waals surface area contributed by atoms with Crippen molar-refractivity contribution in [1.29, 1.82) is 0 Å². The lowest BCUT2D eigenvalue weighted by atomic mass is 10.1. The van der Waals surface area contributed by atoms with Crippen LogP contribution in [0.1, 0.15) is 31.4 Å². The Bertz CT molecular complexity index is 711. The van der Waals surface area contributed by atoms with Crippen LogP contribution in [0.25, 0.3) is 0 Å². The van der Waals surface area contributed by atoms with Gasteiger partial charge in [0.1, 0.15) is 6.04 Å². The lowest BCUT2D eigenvalue weighted by molar-refractivity contribution is -0.682. The largest absolute Gasteiger partial charge is 0.372 e. The molecule has 0 unspecified atom stereocenters. The molecule has 5 heteroatoms. The lowest BCUT2D eigenvalue weighted by Crippen LogP contribution is -2.86. The molecule has 1 heterocycles. The van der Waals surface area contributed by atoms with E-state index in [1.807, 2.05) is 41.7 Å². The van der Waals surface area contributed by atoms with Gasteiger partial charge in [0, 0.05) is 35.1 Å². The van der Waals surface area contributed by atoms with Crippen LogP contribution in [-0.4, -0.2) is 25.5 Å². The molecule has 1 saturated heterocycles. The van der Waals surface area contributed by atoms with Crippen molar-refractivity contribution in [3.05, 3.63) is 59.1 Å². The Morgan fingerprint density at radius 1 is 1.16 bits per heavy atom. The third kappa shape index (κ3) is 4.74. The number of hydrogen-bond donors (Lipinski definition) is 2. The number of amides is 1. The number of rotatable bonds is 6. The second-order valence-electron chi connectivity index (χ2n) is 6.54. The molecule has 1 aliphatic rings.